The molecule has 1 aromatic heterocycles. The van der Waals surface area contributed by atoms with Crippen LogP contribution in [0.5, 0.6) is 0 Å². The van der Waals surface area contributed by atoms with Crippen molar-refractivity contribution in [3.63, 3.8) is 0 Å². The first-order chi connectivity index (χ1) is 8.31. The van der Waals surface area contributed by atoms with E-state index in [1.165, 1.54) is 36.8 Å². The van der Waals surface area contributed by atoms with E-state index in [9.17, 15) is 0 Å². The molecule has 0 nitrogen and oxygen atoms in total. The van der Waals surface area contributed by atoms with Crippen LogP contribution in [0.15, 0.2) is 23.4 Å². The number of allylic oxidation sites excluding steroid dienone is 1. The Balaban J connectivity index is 1.64. The second-order valence-electron chi connectivity index (χ2n) is 6.49. The molecule has 0 aromatic carbocycles. The Morgan fingerprint density at radius 2 is 1.71 bits per heavy atom. The summed E-state index contributed by atoms with van der Waals surface area (Å²) in [5.41, 5.74) is 2.88. The topological polar surface area (TPSA) is 0 Å². The molecule has 0 radical (unpaired) electrons. The lowest BCUT2D eigenvalue weighted by Gasteiger charge is -2.55. The van der Waals surface area contributed by atoms with Crippen LogP contribution in [0.1, 0.15) is 37.7 Å². The molecule has 0 unspecified atom stereocenters. The fourth-order valence-electron chi connectivity index (χ4n) is 5.13. The summed E-state index contributed by atoms with van der Waals surface area (Å²) in [6.45, 7) is 4.45. The van der Waals surface area contributed by atoms with Crippen LogP contribution >= 0.6 is 11.3 Å². The first-order valence-corrected chi connectivity index (χ1v) is 7.97. The Morgan fingerprint density at radius 3 is 2.24 bits per heavy atom. The monoisotopic (exact) mass is 244 g/mol. The van der Waals surface area contributed by atoms with Crippen molar-refractivity contribution in [2.75, 3.05) is 0 Å². The van der Waals surface area contributed by atoms with Gasteiger partial charge in [-0.2, -0.15) is 11.3 Å². The third-order valence-corrected chi connectivity index (χ3v) is 6.20. The van der Waals surface area contributed by atoms with Crippen molar-refractivity contribution in [3.8, 4) is 0 Å². The first kappa shape index (κ1) is 10.4. The molecule has 4 fully saturated rings. The molecule has 0 spiro atoms. The van der Waals surface area contributed by atoms with Gasteiger partial charge < -0.3 is 0 Å². The van der Waals surface area contributed by atoms with E-state index in [1.54, 1.807) is 6.42 Å². The maximum absolute atomic E-state index is 4.45. The average molecular weight is 244 g/mol. The normalized spacial score (nSPS) is 42.9. The second-order valence-corrected chi connectivity index (χ2v) is 7.27. The molecule has 5 rings (SSSR count). The maximum atomic E-state index is 4.45. The minimum Gasteiger partial charge on any atom is -0.152 e. The summed E-state index contributed by atoms with van der Waals surface area (Å²) < 4.78 is 0. The Kier molecular flexibility index (Phi) is 2.27. The van der Waals surface area contributed by atoms with Gasteiger partial charge in [-0.05, 0) is 89.7 Å². The van der Waals surface area contributed by atoms with Gasteiger partial charge in [-0.25, -0.2) is 0 Å². The van der Waals surface area contributed by atoms with E-state index in [0.717, 1.165) is 29.6 Å². The lowest BCUT2D eigenvalue weighted by atomic mass is 9.50. The average Bonchev–Trinajstić information content (AvgIpc) is 2.80. The van der Waals surface area contributed by atoms with Gasteiger partial charge in [0, 0.05) is 0 Å². The molecule has 1 aromatic rings. The fraction of sp³-hybridized carbons (Fsp3) is 0.625. The Labute approximate surface area is 108 Å². The molecule has 1 heterocycles. The van der Waals surface area contributed by atoms with Crippen LogP contribution in [0, 0.1) is 29.6 Å². The summed E-state index contributed by atoms with van der Waals surface area (Å²) in [6, 6.07) is 2.26. The van der Waals surface area contributed by atoms with Gasteiger partial charge in [-0.1, -0.05) is 6.58 Å². The first-order valence-electron chi connectivity index (χ1n) is 7.02. The predicted octanol–water partition coefficient (Wildman–Crippen LogP) is 4.83. The highest BCUT2D eigenvalue weighted by molar-refractivity contribution is 7.08. The van der Waals surface area contributed by atoms with Gasteiger partial charge in [-0.3, -0.25) is 0 Å². The summed E-state index contributed by atoms with van der Waals surface area (Å²) in [6.07, 6.45) is 7.55. The molecule has 90 valence electrons. The quantitative estimate of drug-likeness (QED) is 0.698. The van der Waals surface area contributed by atoms with E-state index in [1.807, 2.05) is 11.3 Å². The van der Waals surface area contributed by atoms with Crippen LogP contribution in [-0.4, -0.2) is 0 Å². The summed E-state index contributed by atoms with van der Waals surface area (Å²) in [5.74, 6) is 4.91. The molecule has 0 atom stereocenters. The molecule has 4 aliphatic carbocycles. The van der Waals surface area contributed by atoms with Gasteiger partial charge in [0.2, 0.25) is 0 Å². The van der Waals surface area contributed by atoms with Crippen molar-refractivity contribution in [2.24, 2.45) is 29.6 Å². The summed E-state index contributed by atoms with van der Waals surface area (Å²) in [5, 5.41) is 4.48. The molecule has 4 aliphatic rings. The van der Waals surface area contributed by atoms with Crippen LogP contribution in [0.25, 0.3) is 5.57 Å². The third kappa shape index (κ3) is 1.55. The highest BCUT2D eigenvalue weighted by Gasteiger charge is 2.48. The van der Waals surface area contributed by atoms with Gasteiger partial charge in [-0.15, -0.1) is 0 Å². The summed E-state index contributed by atoms with van der Waals surface area (Å²) in [7, 11) is 0. The largest absolute Gasteiger partial charge is 0.152 e. The predicted molar refractivity (Wildman–Crippen MR) is 73.9 cm³/mol. The minimum atomic E-state index is 0.817. The van der Waals surface area contributed by atoms with Gasteiger partial charge in [0.1, 0.15) is 0 Å². The number of thiophene rings is 1. The second kappa shape index (κ2) is 3.71. The fourth-order valence-corrected chi connectivity index (χ4v) is 5.81. The molecule has 0 amide bonds. The van der Waals surface area contributed by atoms with Crippen molar-refractivity contribution in [2.45, 2.75) is 32.1 Å². The van der Waals surface area contributed by atoms with E-state index in [4.69, 9.17) is 0 Å². The number of hydrogen-bond acceptors (Lipinski definition) is 1. The zero-order chi connectivity index (χ0) is 11.4. The molecular formula is C16H20S. The molecule has 4 saturated carbocycles. The van der Waals surface area contributed by atoms with Gasteiger partial charge >= 0.3 is 0 Å². The van der Waals surface area contributed by atoms with E-state index >= 15 is 0 Å². The Hall–Kier alpha value is -0.560. The maximum Gasteiger partial charge on any atom is -0.00181 e. The molecule has 4 bridgehead atoms. The van der Waals surface area contributed by atoms with E-state index in [-0.39, 0.29) is 0 Å². The van der Waals surface area contributed by atoms with Crippen LogP contribution in [-0.2, 0) is 0 Å². The zero-order valence-corrected chi connectivity index (χ0v) is 11.1. The van der Waals surface area contributed by atoms with E-state index in [2.05, 4.69) is 23.4 Å². The highest BCUT2D eigenvalue weighted by atomic mass is 32.1. The number of hydrogen-bond donors (Lipinski definition) is 0. The molecular weight excluding hydrogens is 224 g/mol. The third-order valence-electron chi connectivity index (χ3n) is 5.52. The van der Waals surface area contributed by atoms with Gasteiger partial charge in [0.05, 0.1) is 0 Å². The smallest absolute Gasteiger partial charge is 0.00181 e. The van der Waals surface area contributed by atoms with Crippen molar-refractivity contribution in [1.29, 1.82) is 0 Å². The standard InChI is InChI=1S/C16H20S/c1-10(13-2-3-17-9-13)16-14-5-11-4-12(7-14)8-15(16)6-11/h2-3,9,11-12,14-16H,1,4-8H2. The lowest BCUT2D eigenvalue weighted by molar-refractivity contribution is -0.0119. The van der Waals surface area contributed by atoms with E-state index in [0.29, 0.717) is 0 Å². The molecule has 17 heavy (non-hydrogen) atoms. The summed E-state index contributed by atoms with van der Waals surface area (Å²) >= 11 is 1.81. The van der Waals surface area contributed by atoms with Crippen molar-refractivity contribution >= 4 is 16.9 Å². The highest BCUT2D eigenvalue weighted by Crippen LogP contribution is 2.59. The van der Waals surface area contributed by atoms with Crippen molar-refractivity contribution in [1.82, 2.24) is 0 Å². The van der Waals surface area contributed by atoms with E-state index < -0.39 is 0 Å². The van der Waals surface area contributed by atoms with Crippen LogP contribution in [0.4, 0.5) is 0 Å². The van der Waals surface area contributed by atoms with Gasteiger partial charge in [0.25, 0.3) is 0 Å². The lowest BCUT2D eigenvalue weighted by Crippen LogP contribution is -2.45. The minimum absolute atomic E-state index is 0.817. The summed E-state index contributed by atoms with van der Waals surface area (Å²) in [4.78, 5) is 0. The Morgan fingerprint density at radius 1 is 1.06 bits per heavy atom. The van der Waals surface area contributed by atoms with Crippen LogP contribution in [0.3, 0.4) is 0 Å². The Bertz CT molecular complexity index is 400. The van der Waals surface area contributed by atoms with Crippen molar-refractivity contribution in [3.05, 3.63) is 29.0 Å². The molecule has 1 heteroatoms. The zero-order valence-electron chi connectivity index (χ0n) is 10.3. The molecule has 0 saturated heterocycles. The van der Waals surface area contributed by atoms with Crippen LogP contribution in [0.2, 0.25) is 0 Å². The molecule has 0 aliphatic heterocycles. The van der Waals surface area contributed by atoms with Crippen LogP contribution < -0.4 is 0 Å². The number of rotatable bonds is 2. The molecule has 0 N–H and O–H groups in total. The SMILES string of the molecule is C=C(c1ccsc1)C1C2CC3CC(C2)CC1C3. The van der Waals surface area contributed by atoms with Gasteiger partial charge in [0.15, 0.2) is 0 Å². The van der Waals surface area contributed by atoms with Crippen molar-refractivity contribution < 1.29 is 0 Å².